The van der Waals surface area contributed by atoms with Crippen molar-refractivity contribution in [2.24, 2.45) is 5.41 Å². The molecule has 0 fully saturated rings. The number of Topliss-reactive ketones (excluding diaryl/α,β-unsaturated/α-hetero) is 1. The summed E-state index contributed by atoms with van der Waals surface area (Å²) in [6, 6.07) is 9.57. The van der Waals surface area contributed by atoms with Gasteiger partial charge in [0.05, 0.1) is 0 Å². The maximum absolute atomic E-state index is 11.9. The molecule has 0 bridgehead atoms. The van der Waals surface area contributed by atoms with Crippen molar-refractivity contribution >= 4 is 11.4 Å². The van der Waals surface area contributed by atoms with Crippen molar-refractivity contribution in [1.82, 2.24) is 0 Å². The van der Waals surface area contributed by atoms with Crippen molar-refractivity contribution < 1.29 is 4.79 Å². The van der Waals surface area contributed by atoms with Gasteiger partial charge in [-0.25, -0.2) is 0 Å². The highest BCUT2D eigenvalue weighted by Gasteiger charge is 2.24. The van der Waals surface area contributed by atoms with Crippen LogP contribution in [0, 0.1) is 5.41 Å². The first-order valence-electron chi connectivity index (χ1n) is 4.72. The average molecular weight is 188 g/mol. The normalized spacial score (nSPS) is 11.1. The number of carbonyl (C=O) groups is 1. The average Bonchev–Trinajstić information content (AvgIpc) is 2.15. The molecule has 0 heterocycles. The van der Waals surface area contributed by atoms with Gasteiger partial charge in [0, 0.05) is 11.0 Å². The Labute approximate surface area is 85.5 Å². The summed E-state index contributed by atoms with van der Waals surface area (Å²) in [4.78, 5) is 11.9. The van der Waals surface area contributed by atoms with Gasteiger partial charge < -0.3 is 0 Å². The number of hydrogen-bond donors (Lipinski definition) is 0. The fourth-order valence-electron chi connectivity index (χ4n) is 1.22. The van der Waals surface area contributed by atoms with Crippen LogP contribution in [-0.2, 0) is 4.79 Å². The number of carbonyl (C=O) groups excluding carboxylic acids is 1. The predicted octanol–water partition coefficient (Wildman–Crippen LogP) is 3.32. The van der Waals surface area contributed by atoms with Crippen molar-refractivity contribution in [2.75, 3.05) is 0 Å². The van der Waals surface area contributed by atoms with Crippen molar-refractivity contribution in [1.29, 1.82) is 0 Å². The molecule has 0 aliphatic carbocycles. The van der Waals surface area contributed by atoms with Crippen LogP contribution in [0.5, 0.6) is 0 Å². The number of allylic oxidation sites excluding steroid dienone is 1. The summed E-state index contributed by atoms with van der Waals surface area (Å²) in [6.07, 6.45) is 0. The first kappa shape index (κ1) is 10.7. The molecule has 0 saturated carbocycles. The molecule has 74 valence electrons. The Morgan fingerprint density at radius 1 is 1.14 bits per heavy atom. The molecule has 14 heavy (non-hydrogen) atoms. The largest absolute Gasteiger partial charge is 0.294 e. The molecule has 0 amide bonds. The van der Waals surface area contributed by atoms with Gasteiger partial charge in [-0.05, 0) is 5.56 Å². The number of hydrogen-bond acceptors (Lipinski definition) is 1. The molecule has 1 aromatic carbocycles. The topological polar surface area (TPSA) is 17.1 Å². The maximum Gasteiger partial charge on any atom is 0.168 e. The minimum atomic E-state index is -0.354. The van der Waals surface area contributed by atoms with Crippen LogP contribution in [0.2, 0.25) is 0 Å². The lowest BCUT2D eigenvalue weighted by Gasteiger charge is -2.18. The molecule has 1 rings (SSSR count). The molecule has 0 N–H and O–H groups in total. The van der Waals surface area contributed by atoms with Gasteiger partial charge in [-0.15, -0.1) is 0 Å². The summed E-state index contributed by atoms with van der Waals surface area (Å²) in [6.45, 7) is 9.56. The molecule has 0 aliphatic heterocycles. The fourth-order valence-corrected chi connectivity index (χ4v) is 1.22. The van der Waals surface area contributed by atoms with Gasteiger partial charge in [0.2, 0.25) is 0 Å². The summed E-state index contributed by atoms with van der Waals surface area (Å²) < 4.78 is 0. The zero-order valence-corrected chi connectivity index (χ0v) is 9.00. The SMILES string of the molecule is C=C(C(=O)C(C)(C)C)c1ccccc1. The molecule has 0 radical (unpaired) electrons. The molecule has 1 heteroatoms. The van der Waals surface area contributed by atoms with Gasteiger partial charge in [0.25, 0.3) is 0 Å². The third-order valence-corrected chi connectivity index (χ3v) is 2.08. The van der Waals surface area contributed by atoms with Crippen LogP contribution in [-0.4, -0.2) is 5.78 Å². The summed E-state index contributed by atoms with van der Waals surface area (Å²) in [5.74, 6) is 0.101. The van der Waals surface area contributed by atoms with Crippen LogP contribution in [0.1, 0.15) is 26.3 Å². The molecule has 0 atom stereocenters. The van der Waals surface area contributed by atoms with E-state index in [0.717, 1.165) is 5.56 Å². The zero-order valence-electron chi connectivity index (χ0n) is 9.00. The molecular formula is C13H16O. The monoisotopic (exact) mass is 188 g/mol. The van der Waals surface area contributed by atoms with Crippen molar-refractivity contribution in [2.45, 2.75) is 20.8 Å². The predicted molar refractivity (Wildman–Crippen MR) is 59.9 cm³/mol. The molecule has 0 aliphatic rings. The van der Waals surface area contributed by atoms with E-state index in [2.05, 4.69) is 6.58 Å². The van der Waals surface area contributed by atoms with Gasteiger partial charge in [0.1, 0.15) is 0 Å². The van der Waals surface area contributed by atoms with Crippen molar-refractivity contribution in [3.63, 3.8) is 0 Å². The smallest absolute Gasteiger partial charge is 0.168 e. The van der Waals surface area contributed by atoms with Crippen molar-refractivity contribution in [3.8, 4) is 0 Å². The molecule has 0 spiro atoms. The van der Waals surface area contributed by atoms with E-state index in [9.17, 15) is 4.79 Å². The third kappa shape index (κ3) is 2.32. The van der Waals surface area contributed by atoms with E-state index in [-0.39, 0.29) is 11.2 Å². The highest BCUT2D eigenvalue weighted by molar-refractivity contribution is 6.22. The summed E-state index contributed by atoms with van der Waals surface area (Å²) in [7, 11) is 0. The number of ketones is 1. The first-order valence-corrected chi connectivity index (χ1v) is 4.72. The van der Waals surface area contributed by atoms with E-state index >= 15 is 0 Å². The molecular weight excluding hydrogens is 172 g/mol. The zero-order chi connectivity index (χ0) is 10.8. The first-order chi connectivity index (χ1) is 6.43. The summed E-state index contributed by atoms with van der Waals surface area (Å²) in [5, 5.41) is 0. The Bertz CT molecular complexity index is 341. The lowest BCUT2D eigenvalue weighted by Crippen LogP contribution is -2.20. The highest BCUT2D eigenvalue weighted by atomic mass is 16.1. The molecule has 1 nitrogen and oxygen atoms in total. The van der Waals surface area contributed by atoms with Crippen LogP contribution in [0.4, 0.5) is 0 Å². The Balaban J connectivity index is 2.93. The molecule has 1 aromatic rings. The molecule has 0 saturated heterocycles. The van der Waals surface area contributed by atoms with Crippen LogP contribution in [0.3, 0.4) is 0 Å². The third-order valence-electron chi connectivity index (χ3n) is 2.08. The standard InChI is InChI=1S/C13H16O/c1-10(12(14)13(2,3)4)11-8-6-5-7-9-11/h5-9H,1H2,2-4H3. The van der Waals surface area contributed by atoms with E-state index in [4.69, 9.17) is 0 Å². The van der Waals surface area contributed by atoms with Gasteiger partial charge >= 0.3 is 0 Å². The van der Waals surface area contributed by atoms with Crippen LogP contribution in [0.15, 0.2) is 36.9 Å². The lowest BCUT2D eigenvalue weighted by atomic mass is 9.84. The lowest BCUT2D eigenvalue weighted by molar-refractivity contribution is -0.120. The van der Waals surface area contributed by atoms with E-state index in [1.807, 2.05) is 51.1 Å². The van der Waals surface area contributed by atoms with E-state index in [1.54, 1.807) is 0 Å². The second kappa shape index (κ2) is 3.79. The van der Waals surface area contributed by atoms with Gasteiger partial charge in [0.15, 0.2) is 5.78 Å². The Hall–Kier alpha value is -1.37. The van der Waals surface area contributed by atoms with Gasteiger partial charge in [-0.1, -0.05) is 57.7 Å². The highest BCUT2D eigenvalue weighted by Crippen LogP contribution is 2.24. The molecule has 0 aromatic heterocycles. The van der Waals surface area contributed by atoms with Crippen LogP contribution < -0.4 is 0 Å². The van der Waals surface area contributed by atoms with Crippen LogP contribution >= 0.6 is 0 Å². The van der Waals surface area contributed by atoms with Gasteiger partial charge in [-0.2, -0.15) is 0 Å². The fraction of sp³-hybridized carbons (Fsp3) is 0.308. The summed E-state index contributed by atoms with van der Waals surface area (Å²) >= 11 is 0. The number of benzene rings is 1. The Kier molecular flexibility index (Phi) is 2.90. The minimum Gasteiger partial charge on any atom is -0.294 e. The number of rotatable bonds is 2. The maximum atomic E-state index is 11.9. The Morgan fingerprint density at radius 3 is 2.07 bits per heavy atom. The summed E-state index contributed by atoms with van der Waals surface area (Å²) in [5.41, 5.74) is 1.15. The molecule has 0 unspecified atom stereocenters. The van der Waals surface area contributed by atoms with Crippen molar-refractivity contribution in [3.05, 3.63) is 42.5 Å². The Morgan fingerprint density at radius 2 is 1.64 bits per heavy atom. The van der Waals surface area contributed by atoms with Gasteiger partial charge in [-0.3, -0.25) is 4.79 Å². The van der Waals surface area contributed by atoms with E-state index in [1.165, 1.54) is 0 Å². The minimum absolute atomic E-state index is 0.101. The second-order valence-corrected chi connectivity index (χ2v) is 4.42. The quantitative estimate of drug-likeness (QED) is 0.651. The second-order valence-electron chi connectivity index (χ2n) is 4.42. The van der Waals surface area contributed by atoms with E-state index < -0.39 is 0 Å². The van der Waals surface area contributed by atoms with E-state index in [0.29, 0.717) is 5.57 Å². The van der Waals surface area contributed by atoms with Crippen LogP contribution in [0.25, 0.3) is 5.57 Å².